The van der Waals surface area contributed by atoms with Crippen LogP contribution < -0.4 is 4.90 Å². The summed E-state index contributed by atoms with van der Waals surface area (Å²) in [6, 6.07) is 24.6. The second-order valence-electron chi connectivity index (χ2n) is 7.60. The van der Waals surface area contributed by atoms with Gasteiger partial charge in [0.15, 0.2) is 0 Å². The Morgan fingerprint density at radius 3 is 1.78 bits per heavy atom. The Hall–Kier alpha value is -2.05. The number of anilines is 1. The molecular formula is C25H28Cl2N2O2S. The van der Waals surface area contributed by atoms with E-state index in [1.807, 2.05) is 73.7 Å². The van der Waals surface area contributed by atoms with E-state index in [2.05, 4.69) is 4.90 Å². The van der Waals surface area contributed by atoms with Gasteiger partial charge in [0.05, 0.1) is 4.90 Å². The number of nitrogens with zero attached hydrogens (tertiary/aromatic N) is 2. The fraction of sp³-hybridized carbons (Fsp3) is 0.280. The average Bonchev–Trinajstić information content (AvgIpc) is 2.80. The molecule has 0 fully saturated rings. The third-order valence-corrected chi connectivity index (χ3v) is 7.37. The zero-order valence-electron chi connectivity index (χ0n) is 18.1. The van der Waals surface area contributed by atoms with Crippen LogP contribution in [0.2, 0.25) is 0 Å². The van der Waals surface area contributed by atoms with Gasteiger partial charge in [-0.2, -0.15) is 4.31 Å². The lowest BCUT2D eigenvalue weighted by Crippen LogP contribution is -2.30. The minimum Gasteiger partial charge on any atom is -0.369 e. The first kappa shape index (κ1) is 24.6. The molecular weight excluding hydrogens is 463 g/mol. The summed E-state index contributed by atoms with van der Waals surface area (Å²) in [4.78, 5) is 2.42. The molecule has 0 aromatic heterocycles. The molecule has 0 heterocycles. The topological polar surface area (TPSA) is 40.6 Å². The maximum atomic E-state index is 13.5. The van der Waals surface area contributed by atoms with E-state index >= 15 is 0 Å². The number of aryl methyl sites for hydroxylation is 1. The molecule has 0 atom stereocenters. The molecule has 0 aliphatic rings. The smallest absolute Gasteiger partial charge is 0.243 e. The SMILES string of the molecule is Cc1ccc(S(=O)(=O)N(Cc2ccccc2)Cc2ccc(N(CCCl)CCCl)cc2)cc1. The van der Waals surface area contributed by atoms with Gasteiger partial charge in [0.1, 0.15) is 0 Å². The molecule has 170 valence electrons. The summed E-state index contributed by atoms with van der Waals surface area (Å²) in [5.74, 6) is 1.02. The summed E-state index contributed by atoms with van der Waals surface area (Å²) >= 11 is 11.8. The largest absolute Gasteiger partial charge is 0.369 e. The van der Waals surface area contributed by atoms with Gasteiger partial charge in [0, 0.05) is 43.6 Å². The molecule has 0 aliphatic carbocycles. The predicted molar refractivity (Wildman–Crippen MR) is 134 cm³/mol. The average molecular weight is 491 g/mol. The lowest BCUT2D eigenvalue weighted by molar-refractivity contribution is 0.401. The second-order valence-corrected chi connectivity index (χ2v) is 10.3. The highest BCUT2D eigenvalue weighted by molar-refractivity contribution is 7.89. The van der Waals surface area contributed by atoms with Gasteiger partial charge in [0.2, 0.25) is 10.0 Å². The lowest BCUT2D eigenvalue weighted by atomic mass is 10.1. The Balaban J connectivity index is 1.88. The monoisotopic (exact) mass is 490 g/mol. The van der Waals surface area contributed by atoms with Crippen molar-refractivity contribution in [1.29, 1.82) is 0 Å². The number of halogens is 2. The second kappa shape index (κ2) is 11.7. The standard InChI is InChI=1S/C25H28Cl2N2O2S/c1-21-7-13-25(14-8-21)32(30,31)29(19-22-5-3-2-4-6-22)20-23-9-11-24(12-10-23)28(17-15-26)18-16-27/h2-14H,15-20H2,1H3. The molecule has 0 aliphatic heterocycles. The van der Waals surface area contributed by atoms with E-state index < -0.39 is 10.0 Å². The van der Waals surface area contributed by atoms with Gasteiger partial charge in [-0.1, -0.05) is 60.2 Å². The van der Waals surface area contributed by atoms with Crippen LogP contribution in [0.1, 0.15) is 16.7 Å². The molecule has 0 N–H and O–H groups in total. The minimum absolute atomic E-state index is 0.274. The van der Waals surface area contributed by atoms with Gasteiger partial charge in [-0.15, -0.1) is 23.2 Å². The van der Waals surface area contributed by atoms with Crippen molar-refractivity contribution in [1.82, 2.24) is 4.31 Å². The predicted octanol–water partition coefficient (Wildman–Crippen LogP) is 5.67. The van der Waals surface area contributed by atoms with Crippen LogP contribution in [0, 0.1) is 6.92 Å². The Labute approximate surface area is 201 Å². The number of hydrogen-bond acceptors (Lipinski definition) is 3. The van der Waals surface area contributed by atoms with Crippen LogP contribution in [0.3, 0.4) is 0 Å². The zero-order chi connectivity index (χ0) is 23.0. The van der Waals surface area contributed by atoms with Crippen molar-refractivity contribution >= 4 is 38.9 Å². The maximum absolute atomic E-state index is 13.5. The van der Waals surface area contributed by atoms with E-state index in [1.165, 1.54) is 4.31 Å². The molecule has 4 nitrogen and oxygen atoms in total. The van der Waals surface area contributed by atoms with E-state index in [4.69, 9.17) is 23.2 Å². The molecule has 0 spiro atoms. The van der Waals surface area contributed by atoms with E-state index in [1.54, 1.807) is 12.1 Å². The van der Waals surface area contributed by atoms with Crippen molar-refractivity contribution in [3.05, 3.63) is 95.6 Å². The van der Waals surface area contributed by atoms with Gasteiger partial charge in [-0.05, 0) is 42.3 Å². The summed E-state index contributed by atoms with van der Waals surface area (Å²) in [5.41, 5.74) is 3.89. The highest BCUT2D eigenvalue weighted by Gasteiger charge is 2.25. The number of benzene rings is 3. The summed E-state index contributed by atoms with van der Waals surface area (Å²) in [5, 5.41) is 0. The highest BCUT2D eigenvalue weighted by Crippen LogP contribution is 2.23. The van der Waals surface area contributed by atoms with Crippen molar-refractivity contribution in [3.8, 4) is 0 Å². The number of alkyl halides is 2. The van der Waals surface area contributed by atoms with Crippen LogP contribution in [-0.2, 0) is 23.1 Å². The zero-order valence-corrected chi connectivity index (χ0v) is 20.5. The fourth-order valence-corrected chi connectivity index (χ4v) is 5.29. The first-order valence-corrected chi connectivity index (χ1v) is 13.0. The molecule has 0 unspecified atom stereocenters. The Morgan fingerprint density at radius 2 is 1.25 bits per heavy atom. The van der Waals surface area contributed by atoms with Crippen LogP contribution in [0.4, 0.5) is 5.69 Å². The number of hydrogen-bond donors (Lipinski definition) is 0. The van der Waals surface area contributed by atoms with Gasteiger partial charge < -0.3 is 4.90 Å². The van der Waals surface area contributed by atoms with Crippen LogP contribution in [-0.4, -0.2) is 37.6 Å². The van der Waals surface area contributed by atoms with Crippen LogP contribution >= 0.6 is 23.2 Å². The van der Waals surface area contributed by atoms with E-state index in [0.717, 1.165) is 22.4 Å². The molecule has 0 saturated heterocycles. The molecule has 3 aromatic carbocycles. The first-order valence-electron chi connectivity index (χ1n) is 10.5. The van der Waals surface area contributed by atoms with E-state index in [-0.39, 0.29) is 6.54 Å². The van der Waals surface area contributed by atoms with Gasteiger partial charge in [-0.3, -0.25) is 0 Å². The Kier molecular flexibility index (Phi) is 9.00. The maximum Gasteiger partial charge on any atom is 0.243 e. The number of rotatable bonds is 11. The van der Waals surface area contributed by atoms with Crippen molar-refractivity contribution in [2.45, 2.75) is 24.9 Å². The lowest BCUT2D eigenvalue weighted by Gasteiger charge is -2.25. The Morgan fingerprint density at radius 1 is 0.719 bits per heavy atom. The summed E-state index contributed by atoms with van der Waals surface area (Å²) in [6.45, 7) is 3.92. The summed E-state index contributed by atoms with van der Waals surface area (Å²) in [6.07, 6.45) is 0. The van der Waals surface area contributed by atoms with Crippen LogP contribution in [0.5, 0.6) is 0 Å². The van der Waals surface area contributed by atoms with Crippen LogP contribution in [0.15, 0.2) is 83.8 Å². The van der Waals surface area contributed by atoms with E-state index in [9.17, 15) is 8.42 Å². The van der Waals surface area contributed by atoms with Crippen LogP contribution in [0.25, 0.3) is 0 Å². The first-order chi connectivity index (χ1) is 15.4. The third-order valence-electron chi connectivity index (χ3n) is 5.23. The van der Waals surface area contributed by atoms with Gasteiger partial charge >= 0.3 is 0 Å². The van der Waals surface area contributed by atoms with Crippen molar-refractivity contribution in [3.63, 3.8) is 0 Å². The van der Waals surface area contributed by atoms with Crippen molar-refractivity contribution in [2.75, 3.05) is 29.7 Å². The molecule has 0 amide bonds. The van der Waals surface area contributed by atoms with E-state index in [0.29, 0.717) is 36.3 Å². The third kappa shape index (κ3) is 6.48. The summed E-state index contributed by atoms with van der Waals surface area (Å²) < 4.78 is 28.5. The molecule has 3 aromatic rings. The number of sulfonamides is 1. The molecule has 3 rings (SSSR count). The minimum atomic E-state index is -3.67. The molecule has 7 heteroatoms. The molecule has 0 saturated carbocycles. The normalized spacial score (nSPS) is 11.6. The highest BCUT2D eigenvalue weighted by atomic mass is 35.5. The summed E-state index contributed by atoms with van der Waals surface area (Å²) in [7, 11) is -3.67. The van der Waals surface area contributed by atoms with Gasteiger partial charge in [-0.25, -0.2) is 8.42 Å². The Bertz CT molecular complexity index is 1070. The molecule has 0 bridgehead atoms. The van der Waals surface area contributed by atoms with Crippen molar-refractivity contribution < 1.29 is 8.42 Å². The molecule has 0 radical (unpaired) electrons. The van der Waals surface area contributed by atoms with Crippen molar-refractivity contribution in [2.24, 2.45) is 0 Å². The molecule has 32 heavy (non-hydrogen) atoms. The fourth-order valence-electron chi connectivity index (χ4n) is 3.46. The van der Waals surface area contributed by atoms with Gasteiger partial charge in [0.25, 0.3) is 0 Å². The quantitative estimate of drug-likeness (QED) is 0.325.